The maximum atomic E-state index is 11.2. The van der Waals surface area contributed by atoms with Crippen molar-refractivity contribution in [2.24, 2.45) is 0 Å². The topological polar surface area (TPSA) is 49.8 Å². The summed E-state index contributed by atoms with van der Waals surface area (Å²) in [6, 6.07) is 15.6. The number of carbonyl (C=O) groups is 1. The molecule has 2 aromatic carbocycles. The number of rotatable bonds is 5. The van der Waals surface area contributed by atoms with Crippen LogP contribution in [-0.4, -0.2) is 37.4 Å². The van der Waals surface area contributed by atoms with Crippen LogP contribution in [0.3, 0.4) is 0 Å². The summed E-state index contributed by atoms with van der Waals surface area (Å²) in [4.78, 5) is 14.7. The standard InChI is InChI=1S/C18H19NO3S/c20-18(21)17-4-2-1-3-14(17)13-23-16-7-5-15(6-8-16)19-9-11-22-12-10-19/h1-8H,9-13H2,(H,20,21). The number of morpholine rings is 1. The lowest BCUT2D eigenvalue weighted by Crippen LogP contribution is -2.36. The average molecular weight is 329 g/mol. The first-order chi connectivity index (χ1) is 11.2. The fraction of sp³-hybridized carbons (Fsp3) is 0.278. The van der Waals surface area contributed by atoms with Crippen molar-refractivity contribution < 1.29 is 14.6 Å². The Kier molecular flexibility index (Phi) is 5.20. The molecule has 1 heterocycles. The molecule has 0 radical (unpaired) electrons. The van der Waals surface area contributed by atoms with Crippen molar-refractivity contribution in [3.05, 3.63) is 59.7 Å². The average Bonchev–Trinajstić information content (AvgIpc) is 2.61. The van der Waals surface area contributed by atoms with E-state index in [1.54, 1.807) is 23.9 Å². The monoisotopic (exact) mass is 329 g/mol. The van der Waals surface area contributed by atoms with Crippen molar-refractivity contribution in [2.45, 2.75) is 10.6 Å². The van der Waals surface area contributed by atoms with Gasteiger partial charge in [-0.3, -0.25) is 0 Å². The molecule has 0 saturated carbocycles. The Morgan fingerprint density at radius 3 is 2.48 bits per heavy atom. The Labute approximate surface area is 140 Å². The van der Waals surface area contributed by atoms with Gasteiger partial charge in [0.05, 0.1) is 18.8 Å². The lowest BCUT2D eigenvalue weighted by molar-refractivity contribution is 0.0696. The number of hydrogen-bond donors (Lipinski definition) is 1. The molecule has 1 fully saturated rings. The maximum absolute atomic E-state index is 11.2. The molecule has 1 aliphatic heterocycles. The molecule has 1 N–H and O–H groups in total. The highest BCUT2D eigenvalue weighted by Gasteiger charge is 2.12. The number of aromatic carboxylic acids is 1. The van der Waals surface area contributed by atoms with Crippen LogP contribution in [-0.2, 0) is 10.5 Å². The van der Waals surface area contributed by atoms with E-state index in [-0.39, 0.29) is 0 Å². The van der Waals surface area contributed by atoms with Gasteiger partial charge in [-0.2, -0.15) is 0 Å². The van der Waals surface area contributed by atoms with Gasteiger partial charge in [0.15, 0.2) is 0 Å². The zero-order valence-electron chi connectivity index (χ0n) is 12.8. The molecular formula is C18H19NO3S. The fourth-order valence-corrected chi connectivity index (χ4v) is 3.49. The molecule has 0 aliphatic carbocycles. The van der Waals surface area contributed by atoms with Crippen LogP contribution in [0.4, 0.5) is 5.69 Å². The summed E-state index contributed by atoms with van der Waals surface area (Å²) in [5.74, 6) is -0.219. The van der Waals surface area contributed by atoms with E-state index in [0.29, 0.717) is 11.3 Å². The molecule has 0 aromatic heterocycles. The van der Waals surface area contributed by atoms with Crippen molar-refractivity contribution in [1.29, 1.82) is 0 Å². The first-order valence-electron chi connectivity index (χ1n) is 7.61. The highest BCUT2D eigenvalue weighted by molar-refractivity contribution is 7.98. The van der Waals surface area contributed by atoms with Crippen molar-refractivity contribution in [3.63, 3.8) is 0 Å². The summed E-state index contributed by atoms with van der Waals surface area (Å²) in [5, 5.41) is 9.22. The van der Waals surface area contributed by atoms with E-state index in [1.807, 2.05) is 12.1 Å². The molecule has 0 unspecified atom stereocenters. The summed E-state index contributed by atoms with van der Waals surface area (Å²) < 4.78 is 5.37. The third-order valence-electron chi connectivity index (χ3n) is 3.86. The highest BCUT2D eigenvalue weighted by atomic mass is 32.2. The van der Waals surface area contributed by atoms with Crippen molar-refractivity contribution >= 4 is 23.4 Å². The Morgan fingerprint density at radius 2 is 1.78 bits per heavy atom. The second-order valence-corrected chi connectivity index (χ2v) is 6.39. The molecule has 120 valence electrons. The molecule has 1 aliphatic rings. The molecule has 2 aromatic rings. The minimum atomic E-state index is -0.871. The zero-order valence-corrected chi connectivity index (χ0v) is 13.6. The minimum absolute atomic E-state index is 0.380. The molecule has 3 rings (SSSR count). The Hall–Kier alpha value is -1.98. The first kappa shape index (κ1) is 15.9. The Balaban J connectivity index is 1.64. The first-order valence-corrected chi connectivity index (χ1v) is 8.59. The van der Waals surface area contributed by atoms with Gasteiger partial charge < -0.3 is 14.7 Å². The second-order valence-electron chi connectivity index (χ2n) is 5.34. The van der Waals surface area contributed by atoms with Crippen molar-refractivity contribution in [2.75, 3.05) is 31.2 Å². The lowest BCUT2D eigenvalue weighted by Gasteiger charge is -2.28. The lowest BCUT2D eigenvalue weighted by atomic mass is 10.1. The van der Waals surface area contributed by atoms with E-state index in [2.05, 4.69) is 29.2 Å². The van der Waals surface area contributed by atoms with Gasteiger partial charge >= 0.3 is 5.97 Å². The number of nitrogens with zero attached hydrogens (tertiary/aromatic N) is 1. The van der Waals surface area contributed by atoms with Crippen LogP contribution in [0, 0.1) is 0 Å². The summed E-state index contributed by atoms with van der Waals surface area (Å²) in [6.07, 6.45) is 0. The normalized spacial score (nSPS) is 14.7. The van der Waals surface area contributed by atoms with E-state index >= 15 is 0 Å². The number of benzene rings is 2. The molecule has 0 amide bonds. The van der Waals surface area contributed by atoms with Crippen LogP contribution < -0.4 is 4.90 Å². The predicted octanol–water partition coefficient (Wildman–Crippen LogP) is 3.51. The van der Waals surface area contributed by atoms with E-state index in [4.69, 9.17) is 4.74 Å². The van der Waals surface area contributed by atoms with Crippen LogP contribution in [0.2, 0.25) is 0 Å². The number of ether oxygens (including phenoxy) is 1. The molecule has 0 atom stereocenters. The van der Waals surface area contributed by atoms with Gasteiger partial charge in [0.1, 0.15) is 0 Å². The minimum Gasteiger partial charge on any atom is -0.478 e. The van der Waals surface area contributed by atoms with Gasteiger partial charge in [0, 0.05) is 29.4 Å². The quantitative estimate of drug-likeness (QED) is 0.851. The summed E-state index contributed by atoms with van der Waals surface area (Å²) in [7, 11) is 0. The van der Waals surface area contributed by atoms with Crippen LogP contribution in [0.15, 0.2) is 53.4 Å². The van der Waals surface area contributed by atoms with Gasteiger partial charge in [0.2, 0.25) is 0 Å². The van der Waals surface area contributed by atoms with Gasteiger partial charge in [-0.15, -0.1) is 11.8 Å². The van der Waals surface area contributed by atoms with Crippen LogP contribution in [0.25, 0.3) is 0 Å². The second kappa shape index (κ2) is 7.53. The van der Waals surface area contributed by atoms with Crippen molar-refractivity contribution in [1.82, 2.24) is 0 Å². The zero-order chi connectivity index (χ0) is 16.1. The molecular weight excluding hydrogens is 310 g/mol. The van der Waals surface area contributed by atoms with E-state index < -0.39 is 5.97 Å². The fourth-order valence-electron chi connectivity index (χ4n) is 2.59. The van der Waals surface area contributed by atoms with E-state index in [1.165, 1.54) is 5.69 Å². The third kappa shape index (κ3) is 4.06. The van der Waals surface area contributed by atoms with Crippen LogP contribution >= 0.6 is 11.8 Å². The number of carboxylic acids is 1. The van der Waals surface area contributed by atoms with E-state index in [9.17, 15) is 9.90 Å². The van der Waals surface area contributed by atoms with Crippen LogP contribution in [0.5, 0.6) is 0 Å². The number of carboxylic acid groups (broad SMARTS) is 1. The molecule has 0 spiro atoms. The van der Waals surface area contributed by atoms with Gasteiger partial charge in [-0.1, -0.05) is 18.2 Å². The number of thioether (sulfide) groups is 1. The Morgan fingerprint density at radius 1 is 1.09 bits per heavy atom. The molecule has 1 saturated heterocycles. The van der Waals surface area contributed by atoms with Gasteiger partial charge in [-0.25, -0.2) is 4.79 Å². The summed E-state index contributed by atoms with van der Waals surface area (Å²) >= 11 is 1.65. The predicted molar refractivity (Wildman–Crippen MR) is 92.4 cm³/mol. The number of hydrogen-bond acceptors (Lipinski definition) is 4. The van der Waals surface area contributed by atoms with E-state index in [0.717, 1.165) is 36.8 Å². The summed E-state index contributed by atoms with van der Waals surface area (Å²) in [5.41, 5.74) is 2.44. The Bertz CT molecular complexity index is 666. The summed E-state index contributed by atoms with van der Waals surface area (Å²) in [6.45, 7) is 3.42. The van der Waals surface area contributed by atoms with Gasteiger partial charge in [-0.05, 0) is 35.9 Å². The maximum Gasteiger partial charge on any atom is 0.335 e. The van der Waals surface area contributed by atoms with Crippen molar-refractivity contribution in [3.8, 4) is 0 Å². The molecule has 5 heteroatoms. The molecule has 0 bridgehead atoms. The molecule has 23 heavy (non-hydrogen) atoms. The highest BCUT2D eigenvalue weighted by Crippen LogP contribution is 2.27. The third-order valence-corrected chi connectivity index (χ3v) is 4.92. The smallest absolute Gasteiger partial charge is 0.335 e. The van der Waals surface area contributed by atoms with Crippen LogP contribution in [0.1, 0.15) is 15.9 Å². The SMILES string of the molecule is O=C(O)c1ccccc1CSc1ccc(N2CCOCC2)cc1. The molecule has 4 nitrogen and oxygen atoms in total. The largest absolute Gasteiger partial charge is 0.478 e. The van der Waals surface area contributed by atoms with Gasteiger partial charge in [0.25, 0.3) is 0 Å². The number of anilines is 1.